The molecule has 0 aliphatic carbocycles. The van der Waals surface area contributed by atoms with Gasteiger partial charge in [-0.25, -0.2) is 4.39 Å². The van der Waals surface area contributed by atoms with Crippen molar-refractivity contribution in [2.75, 3.05) is 0 Å². The maximum Gasteiger partial charge on any atom is 0.261 e. The lowest BCUT2D eigenvalue weighted by Crippen LogP contribution is -2.38. The normalized spacial score (nSPS) is 16.4. The monoisotopic (exact) mass is 346 g/mol. The molecule has 2 aromatic rings. The van der Waals surface area contributed by atoms with Crippen LogP contribution in [0.3, 0.4) is 0 Å². The fourth-order valence-electron chi connectivity index (χ4n) is 3.02. The van der Waals surface area contributed by atoms with Crippen LogP contribution < -0.4 is 10.1 Å². The smallest absolute Gasteiger partial charge is 0.261 e. The van der Waals surface area contributed by atoms with Gasteiger partial charge in [-0.2, -0.15) is 0 Å². The van der Waals surface area contributed by atoms with Gasteiger partial charge in [0.25, 0.3) is 5.91 Å². The summed E-state index contributed by atoms with van der Waals surface area (Å²) in [5, 5.41) is 11.4. The zero-order valence-corrected chi connectivity index (χ0v) is 14.5. The molecule has 0 saturated carbocycles. The zero-order valence-electron chi connectivity index (χ0n) is 14.5. The number of hydrogen-bond acceptors (Lipinski definition) is 4. The van der Waals surface area contributed by atoms with E-state index in [1.807, 2.05) is 6.92 Å². The molecule has 0 fully saturated rings. The first-order valence-electron chi connectivity index (χ1n) is 8.69. The van der Waals surface area contributed by atoms with Crippen molar-refractivity contribution in [3.05, 3.63) is 41.7 Å². The molecule has 0 radical (unpaired) electrons. The van der Waals surface area contributed by atoms with E-state index >= 15 is 0 Å². The first-order chi connectivity index (χ1) is 12.0. The molecule has 2 heterocycles. The molecule has 0 bridgehead atoms. The number of hydrogen-bond donors (Lipinski definition) is 1. The predicted octanol–water partition coefficient (Wildman–Crippen LogP) is 2.79. The molecule has 3 rings (SSSR count). The zero-order chi connectivity index (χ0) is 17.8. The summed E-state index contributed by atoms with van der Waals surface area (Å²) in [5.41, 5.74) is 0. The minimum Gasteiger partial charge on any atom is -0.481 e. The highest BCUT2D eigenvalue weighted by Gasteiger charge is 2.23. The van der Waals surface area contributed by atoms with Crippen molar-refractivity contribution >= 4 is 5.91 Å². The van der Waals surface area contributed by atoms with Crippen molar-refractivity contribution in [1.29, 1.82) is 0 Å². The Morgan fingerprint density at radius 2 is 2.12 bits per heavy atom. The maximum atomic E-state index is 13.2. The van der Waals surface area contributed by atoms with Gasteiger partial charge in [-0.1, -0.05) is 12.5 Å². The van der Waals surface area contributed by atoms with Gasteiger partial charge in [0.2, 0.25) is 0 Å². The second-order valence-electron chi connectivity index (χ2n) is 6.38. The molecule has 7 heteroatoms. The number of ether oxygens (including phenoxy) is 1. The first kappa shape index (κ1) is 17.4. The highest BCUT2D eigenvalue weighted by Crippen LogP contribution is 2.19. The molecule has 2 atom stereocenters. The van der Waals surface area contributed by atoms with E-state index < -0.39 is 11.9 Å². The van der Waals surface area contributed by atoms with Crippen LogP contribution in [0, 0.1) is 5.82 Å². The van der Waals surface area contributed by atoms with E-state index in [9.17, 15) is 9.18 Å². The third-order valence-electron chi connectivity index (χ3n) is 4.36. The molecule has 0 saturated heterocycles. The van der Waals surface area contributed by atoms with E-state index in [1.54, 1.807) is 19.1 Å². The molecule has 1 N–H and O–H groups in total. The van der Waals surface area contributed by atoms with Crippen LogP contribution in [0.5, 0.6) is 5.75 Å². The van der Waals surface area contributed by atoms with Crippen LogP contribution >= 0.6 is 0 Å². The van der Waals surface area contributed by atoms with Gasteiger partial charge in [0.15, 0.2) is 11.9 Å². The van der Waals surface area contributed by atoms with Gasteiger partial charge in [0.1, 0.15) is 17.4 Å². The lowest BCUT2D eigenvalue weighted by molar-refractivity contribution is -0.128. The Hall–Kier alpha value is -2.44. The SMILES string of the molecule is CC(Oc1cccc(F)c1)C(=O)NC(C)c1nnc2n1CCCCC2. The minimum absolute atomic E-state index is 0.273. The predicted molar refractivity (Wildman–Crippen MR) is 90.6 cm³/mol. The van der Waals surface area contributed by atoms with Crippen LogP contribution in [0.1, 0.15) is 50.8 Å². The highest BCUT2D eigenvalue weighted by molar-refractivity contribution is 5.81. The fraction of sp³-hybridized carbons (Fsp3) is 0.500. The van der Waals surface area contributed by atoms with Crippen LogP contribution in [0.4, 0.5) is 4.39 Å². The maximum absolute atomic E-state index is 13.2. The third-order valence-corrected chi connectivity index (χ3v) is 4.36. The first-order valence-corrected chi connectivity index (χ1v) is 8.69. The minimum atomic E-state index is -0.740. The van der Waals surface area contributed by atoms with Gasteiger partial charge < -0.3 is 14.6 Å². The number of aryl methyl sites for hydroxylation is 1. The van der Waals surface area contributed by atoms with Gasteiger partial charge in [0, 0.05) is 19.0 Å². The van der Waals surface area contributed by atoms with Gasteiger partial charge in [-0.05, 0) is 38.8 Å². The number of amides is 1. The van der Waals surface area contributed by atoms with Crippen molar-refractivity contribution < 1.29 is 13.9 Å². The number of halogens is 1. The fourth-order valence-corrected chi connectivity index (χ4v) is 3.02. The number of nitrogens with zero attached hydrogens (tertiary/aromatic N) is 3. The van der Waals surface area contributed by atoms with Gasteiger partial charge in [0.05, 0.1) is 6.04 Å². The van der Waals surface area contributed by atoms with Gasteiger partial charge in [-0.3, -0.25) is 4.79 Å². The summed E-state index contributed by atoms with van der Waals surface area (Å²) in [7, 11) is 0. The van der Waals surface area contributed by atoms with E-state index in [-0.39, 0.29) is 11.9 Å². The van der Waals surface area contributed by atoms with Crippen molar-refractivity contribution in [2.45, 2.75) is 58.2 Å². The Kier molecular flexibility index (Phi) is 5.31. The summed E-state index contributed by atoms with van der Waals surface area (Å²) < 4.78 is 20.8. The summed E-state index contributed by atoms with van der Waals surface area (Å²) >= 11 is 0. The second-order valence-corrected chi connectivity index (χ2v) is 6.38. The van der Waals surface area contributed by atoms with Crippen molar-refractivity contribution in [1.82, 2.24) is 20.1 Å². The second kappa shape index (κ2) is 7.63. The van der Waals surface area contributed by atoms with Crippen LogP contribution in [0.2, 0.25) is 0 Å². The summed E-state index contributed by atoms with van der Waals surface area (Å²) in [6.45, 7) is 4.40. The number of benzene rings is 1. The molecule has 25 heavy (non-hydrogen) atoms. The molecule has 0 spiro atoms. The summed E-state index contributed by atoms with van der Waals surface area (Å²) in [6, 6.07) is 5.48. The van der Waals surface area contributed by atoms with Crippen LogP contribution in [0.15, 0.2) is 24.3 Å². The Bertz CT molecular complexity index is 746. The van der Waals surface area contributed by atoms with Crippen LogP contribution in [0.25, 0.3) is 0 Å². The number of nitrogens with one attached hydrogen (secondary N) is 1. The van der Waals surface area contributed by atoms with Crippen molar-refractivity contribution in [3.8, 4) is 5.75 Å². The van der Waals surface area contributed by atoms with Gasteiger partial charge >= 0.3 is 0 Å². The Balaban J connectivity index is 1.63. The van der Waals surface area contributed by atoms with E-state index in [0.29, 0.717) is 5.75 Å². The Labute approximate surface area is 146 Å². The summed E-state index contributed by atoms with van der Waals surface area (Å²) in [5.74, 6) is 1.40. The molecule has 1 aliphatic rings. The average molecular weight is 346 g/mol. The number of rotatable bonds is 5. The number of carbonyl (C=O) groups excluding carboxylic acids is 1. The lowest BCUT2D eigenvalue weighted by atomic mass is 10.2. The molecular weight excluding hydrogens is 323 g/mol. The largest absolute Gasteiger partial charge is 0.481 e. The molecule has 1 amide bonds. The third kappa shape index (κ3) is 4.15. The molecule has 1 aromatic heterocycles. The van der Waals surface area contributed by atoms with Gasteiger partial charge in [-0.15, -0.1) is 10.2 Å². The summed E-state index contributed by atoms with van der Waals surface area (Å²) in [6.07, 6.45) is 3.58. The quantitative estimate of drug-likeness (QED) is 0.904. The van der Waals surface area contributed by atoms with E-state index in [2.05, 4.69) is 20.1 Å². The molecule has 2 unspecified atom stereocenters. The lowest BCUT2D eigenvalue weighted by Gasteiger charge is -2.19. The Morgan fingerprint density at radius 3 is 2.92 bits per heavy atom. The molecule has 6 nitrogen and oxygen atoms in total. The number of carbonyl (C=O) groups is 1. The number of aromatic nitrogens is 3. The standard InChI is InChI=1S/C18H23FN4O2/c1-12(17-22-21-16-9-4-3-5-10-23(16)17)20-18(24)13(2)25-15-8-6-7-14(19)11-15/h6-8,11-13H,3-5,9-10H2,1-2H3,(H,20,24). The van der Waals surface area contributed by atoms with Crippen molar-refractivity contribution in [2.24, 2.45) is 0 Å². The van der Waals surface area contributed by atoms with Crippen LogP contribution in [-0.2, 0) is 17.8 Å². The molecule has 1 aromatic carbocycles. The molecule has 1 aliphatic heterocycles. The average Bonchev–Trinajstić information content (AvgIpc) is 2.83. The van der Waals surface area contributed by atoms with E-state index in [0.717, 1.165) is 37.5 Å². The highest BCUT2D eigenvalue weighted by atomic mass is 19.1. The van der Waals surface area contributed by atoms with E-state index in [4.69, 9.17) is 4.74 Å². The molecular formula is C18H23FN4O2. The number of fused-ring (bicyclic) bond motifs is 1. The molecule has 134 valence electrons. The summed E-state index contributed by atoms with van der Waals surface area (Å²) in [4.78, 5) is 12.4. The topological polar surface area (TPSA) is 69.0 Å². The van der Waals surface area contributed by atoms with E-state index in [1.165, 1.54) is 18.6 Å². The van der Waals surface area contributed by atoms with Crippen molar-refractivity contribution in [3.63, 3.8) is 0 Å². The Morgan fingerprint density at radius 1 is 1.28 bits per heavy atom. The van der Waals surface area contributed by atoms with Crippen LogP contribution in [-0.4, -0.2) is 26.8 Å².